The molecule has 0 bridgehead atoms. The van der Waals surface area contributed by atoms with Crippen LogP contribution in [0.3, 0.4) is 0 Å². The lowest BCUT2D eigenvalue weighted by Gasteiger charge is -2.10. The second kappa shape index (κ2) is 5.38. The zero-order chi connectivity index (χ0) is 14.9. The number of benzene rings is 2. The SMILES string of the molecule is NNc1ccc(S(=O)(=O)Nc2ccc3c(c2)CCC3)cc1. The van der Waals surface area contributed by atoms with Gasteiger partial charge in [0.05, 0.1) is 4.90 Å². The van der Waals surface area contributed by atoms with Gasteiger partial charge in [-0.15, -0.1) is 0 Å². The molecule has 0 heterocycles. The molecule has 0 aliphatic heterocycles. The molecule has 2 aromatic carbocycles. The highest BCUT2D eigenvalue weighted by molar-refractivity contribution is 7.92. The molecular formula is C15H17N3O2S. The summed E-state index contributed by atoms with van der Waals surface area (Å²) in [6.07, 6.45) is 3.23. The van der Waals surface area contributed by atoms with Crippen LogP contribution in [-0.2, 0) is 22.9 Å². The van der Waals surface area contributed by atoms with Gasteiger partial charge in [0, 0.05) is 11.4 Å². The minimum Gasteiger partial charge on any atom is -0.324 e. The summed E-state index contributed by atoms with van der Waals surface area (Å²) in [5.74, 6) is 5.27. The number of hydrazine groups is 1. The van der Waals surface area contributed by atoms with Crippen molar-refractivity contribution in [2.75, 3.05) is 10.1 Å². The fourth-order valence-electron chi connectivity index (χ4n) is 2.58. The summed E-state index contributed by atoms with van der Waals surface area (Å²) in [6.45, 7) is 0. The van der Waals surface area contributed by atoms with Gasteiger partial charge in [-0.25, -0.2) is 8.42 Å². The molecule has 0 aromatic heterocycles. The van der Waals surface area contributed by atoms with Crippen LogP contribution in [0.5, 0.6) is 0 Å². The van der Waals surface area contributed by atoms with Gasteiger partial charge in [0.1, 0.15) is 0 Å². The van der Waals surface area contributed by atoms with Gasteiger partial charge in [0.25, 0.3) is 10.0 Å². The van der Waals surface area contributed by atoms with Gasteiger partial charge in [-0.2, -0.15) is 0 Å². The molecular weight excluding hydrogens is 286 g/mol. The van der Waals surface area contributed by atoms with Crippen molar-refractivity contribution >= 4 is 21.4 Å². The van der Waals surface area contributed by atoms with Gasteiger partial charge in [-0.3, -0.25) is 10.6 Å². The lowest BCUT2D eigenvalue weighted by atomic mass is 10.1. The van der Waals surface area contributed by atoms with E-state index >= 15 is 0 Å². The lowest BCUT2D eigenvalue weighted by molar-refractivity contribution is 0.601. The first-order valence-corrected chi connectivity index (χ1v) is 8.28. The Balaban J connectivity index is 1.85. The van der Waals surface area contributed by atoms with Crippen molar-refractivity contribution < 1.29 is 8.42 Å². The Morgan fingerprint density at radius 1 is 0.905 bits per heavy atom. The Morgan fingerprint density at radius 2 is 1.57 bits per heavy atom. The smallest absolute Gasteiger partial charge is 0.261 e. The first-order valence-electron chi connectivity index (χ1n) is 6.80. The summed E-state index contributed by atoms with van der Waals surface area (Å²) < 4.78 is 27.3. The van der Waals surface area contributed by atoms with E-state index in [0.29, 0.717) is 11.4 Å². The van der Waals surface area contributed by atoms with Crippen molar-refractivity contribution in [1.29, 1.82) is 0 Å². The van der Waals surface area contributed by atoms with E-state index in [1.165, 1.54) is 23.3 Å². The third kappa shape index (κ3) is 2.86. The molecule has 21 heavy (non-hydrogen) atoms. The van der Waals surface area contributed by atoms with E-state index in [2.05, 4.69) is 10.1 Å². The van der Waals surface area contributed by atoms with E-state index < -0.39 is 10.0 Å². The summed E-state index contributed by atoms with van der Waals surface area (Å²) in [7, 11) is -3.57. The summed E-state index contributed by atoms with van der Waals surface area (Å²) in [6, 6.07) is 12.0. The highest BCUT2D eigenvalue weighted by Crippen LogP contribution is 2.26. The quantitative estimate of drug-likeness (QED) is 0.597. The number of nitrogens with one attached hydrogen (secondary N) is 2. The van der Waals surface area contributed by atoms with Crippen LogP contribution in [0, 0.1) is 0 Å². The van der Waals surface area contributed by atoms with E-state index in [-0.39, 0.29) is 4.90 Å². The number of rotatable bonds is 4. The molecule has 1 aliphatic carbocycles. The normalized spacial score (nSPS) is 13.8. The van der Waals surface area contributed by atoms with Crippen molar-refractivity contribution in [3.8, 4) is 0 Å². The molecule has 1 aliphatic rings. The first-order chi connectivity index (χ1) is 10.1. The Hall–Kier alpha value is -2.05. The second-order valence-corrected chi connectivity index (χ2v) is 6.79. The number of nitrogens with two attached hydrogens (primary N) is 1. The zero-order valence-corrected chi connectivity index (χ0v) is 12.3. The fourth-order valence-corrected chi connectivity index (χ4v) is 3.63. The minimum atomic E-state index is -3.57. The van der Waals surface area contributed by atoms with Crippen LogP contribution >= 0.6 is 0 Å². The molecule has 3 rings (SSSR count). The molecule has 0 unspecified atom stereocenters. The molecule has 5 nitrogen and oxygen atoms in total. The molecule has 0 spiro atoms. The summed E-state index contributed by atoms with van der Waals surface area (Å²) in [5.41, 5.74) is 6.29. The molecule has 110 valence electrons. The van der Waals surface area contributed by atoms with E-state index in [1.807, 2.05) is 18.2 Å². The average Bonchev–Trinajstić information content (AvgIpc) is 2.94. The van der Waals surface area contributed by atoms with E-state index in [0.717, 1.165) is 19.3 Å². The van der Waals surface area contributed by atoms with E-state index in [9.17, 15) is 8.42 Å². The second-order valence-electron chi connectivity index (χ2n) is 5.11. The molecule has 6 heteroatoms. The third-order valence-electron chi connectivity index (χ3n) is 3.68. The molecule has 0 saturated heterocycles. The molecule has 0 atom stereocenters. The van der Waals surface area contributed by atoms with Crippen LogP contribution < -0.4 is 16.0 Å². The zero-order valence-electron chi connectivity index (χ0n) is 11.5. The summed E-state index contributed by atoms with van der Waals surface area (Å²) in [4.78, 5) is 0.210. The van der Waals surface area contributed by atoms with Gasteiger partial charge in [-0.05, 0) is 66.8 Å². The number of nitrogen functional groups attached to an aromatic ring is 1. The van der Waals surface area contributed by atoms with Crippen LogP contribution in [0.1, 0.15) is 17.5 Å². The summed E-state index contributed by atoms with van der Waals surface area (Å²) in [5, 5.41) is 0. The van der Waals surface area contributed by atoms with Crippen molar-refractivity contribution in [2.45, 2.75) is 24.2 Å². The Morgan fingerprint density at radius 3 is 2.29 bits per heavy atom. The van der Waals surface area contributed by atoms with Gasteiger partial charge in [0.2, 0.25) is 0 Å². The largest absolute Gasteiger partial charge is 0.324 e. The molecule has 2 aromatic rings. The number of fused-ring (bicyclic) bond motifs is 1. The maximum atomic E-state index is 12.3. The number of sulfonamides is 1. The Labute approximate surface area is 124 Å². The van der Waals surface area contributed by atoms with Crippen LogP contribution in [0.4, 0.5) is 11.4 Å². The number of hydrogen-bond donors (Lipinski definition) is 3. The van der Waals surface area contributed by atoms with Crippen LogP contribution in [-0.4, -0.2) is 8.42 Å². The minimum absolute atomic E-state index is 0.210. The van der Waals surface area contributed by atoms with Crippen molar-refractivity contribution in [3.05, 3.63) is 53.6 Å². The maximum Gasteiger partial charge on any atom is 0.261 e. The standard InChI is InChI=1S/C15H17N3O2S/c16-17-13-6-8-15(9-7-13)21(19,20)18-14-5-4-11-2-1-3-12(11)10-14/h4-10,17-18H,1-3,16H2. The Bertz CT molecular complexity index is 755. The van der Waals surface area contributed by atoms with E-state index in [1.54, 1.807) is 12.1 Å². The fraction of sp³-hybridized carbons (Fsp3) is 0.200. The van der Waals surface area contributed by atoms with E-state index in [4.69, 9.17) is 5.84 Å². The van der Waals surface area contributed by atoms with Gasteiger partial charge < -0.3 is 5.43 Å². The van der Waals surface area contributed by atoms with Gasteiger partial charge >= 0.3 is 0 Å². The average molecular weight is 303 g/mol. The predicted molar refractivity (Wildman–Crippen MR) is 83.5 cm³/mol. The van der Waals surface area contributed by atoms with Crippen LogP contribution in [0.15, 0.2) is 47.4 Å². The van der Waals surface area contributed by atoms with Crippen molar-refractivity contribution in [3.63, 3.8) is 0 Å². The van der Waals surface area contributed by atoms with Crippen LogP contribution in [0.2, 0.25) is 0 Å². The topological polar surface area (TPSA) is 84.2 Å². The predicted octanol–water partition coefficient (Wildman–Crippen LogP) is 2.26. The number of aryl methyl sites for hydroxylation is 2. The summed E-state index contributed by atoms with van der Waals surface area (Å²) >= 11 is 0. The number of hydrogen-bond acceptors (Lipinski definition) is 4. The Kier molecular flexibility index (Phi) is 3.57. The number of anilines is 2. The first kappa shape index (κ1) is 13.9. The lowest BCUT2D eigenvalue weighted by Crippen LogP contribution is -2.13. The van der Waals surface area contributed by atoms with Gasteiger partial charge in [-0.1, -0.05) is 6.07 Å². The van der Waals surface area contributed by atoms with Crippen molar-refractivity contribution in [1.82, 2.24) is 0 Å². The molecule has 0 radical (unpaired) electrons. The monoisotopic (exact) mass is 303 g/mol. The molecule has 0 saturated carbocycles. The maximum absolute atomic E-state index is 12.3. The third-order valence-corrected chi connectivity index (χ3v) is 5.08. The highest BCUT2D eigenvalue weighted by atomic mass is 32.2. The van der Waals surface area contributed by atoms with Crippen molar-refractivity contribution in [2.24, 2.45) is 5.84 Å². The van der Waals surface area contributed by atoms with Gasteiger partial charge in [0.15, 0.2) is 0 Å². The van der Waals surface area contributed by atoms with Crippen LogP contribution in [0.25, 0.3) is 0 Å². The molecule has 0 fully saturated rings. The molecule has 4 N–H and O–H groups in total. The highest BCUT2D eigenvalue weighted by Gasteiger charge is 2.16. The molecule has 0 amide bonds.